The van der Waals surface area contributed by atoms with Crippen molar-refractivity contribution in [2.75, 3.05) is 6.54 Å². The monoisotopic (exact) mass is 275 g/mol. The highest BCUT2D eigenvalue weighted by atomic mass is 16.5. The van der Waals surface area contributed by atoms with Crippen LogP contribution in [0.25, 0.3) is 0 Å². The summed E-state index contributed by atoms with van der Waals surface area (Å²) in [4.78, 5) is 0. The lowest BCUT2D eigenvalue weighted by Gasteiger charge is -2.25. The zero-order valence-corrected chi connectivity index (χ0v) is 13.4. The minimum absolute atomic E-state index is 0.231. The summed E-state index contributed by atoms with van der Waals surface area (Å²) < 4.78 is 5.84. The molecule has 0 bridgehead atoms. The highest BCUT2D eigenvalue weighted by molar-refractivity contribution is 5.31. The summed E-state index contributed by atoms with van der Waals surface area (Å²) in [6.07, 6.45) is 4.28. The molecule has 3 atom stereocenters. The van der Waals surface area contributed by atoms with Crippen molar-refractivity contribution < 1.29 is 4.74 Å². The fraction of sp³-hybridized carbons (Fsp3) is 0.667. The molecule has 2 rings (SSSR count). The van der Waals surface area contributed by atoms with E-state index in [1.807, 2.05) is 0 Å². The van der Waals surface area contributed by atoms with Gasteiger partial charge in [-0.1, -0.05) is 32.4 Å². The maximum absolute atomic E-state index is 5.84. The molecule has 0 heterocycles. The molecule has 3 unspecified atom stereocenters. The van der Waals surface area contributed by atoms with Crippen molar-refractivity contribution in [3.8, 4) is 5.75 Å². The van der Waals surface area contributed by atoms with Gasteiger partial charge in [-0.05, 0) is 62.8 Å². The molecule has 0 amide bonds. The van der Waals surface area contributed by atoms with Crippen LogP contribution in [0.1, 0.15) is 58.6 Å². The Labute approximate surface area is 123 Å². The molecule has 2 nitrogen and oxygen atoms in total. The second-order valence-corrected chi connectivity index (χ2v) is 6.45. The predicted molar refractivity (Wildman–Crippen MR) is 85.1 cm³/mol. The highest BCUT2D eigenvalue weighted by Crippen LogP contribution is 2.39. The second-order valence-electron chi connectivity index (χ2n) is 6.45. The molecule has 1 saturated carbocycles. The van der Waals surface area contributed by atoms with Crippen molar-refractivity contribution in [1.29, 1.82) is 0 Å². The lowest BCUT2D eigenvalue weighted by molar-refractivity contribution is 0.241. The van der Waals surface area contributed by atoms with Crippen LogP contribution in [0, 0.1) is 11.8 Å². The number of nitrogens with one attached hydrogen (secondary N) is 1. The number of ether oxygens (including phenoxy) is 1. The van der Waals surface area contributed by atoms with Crippen LogP contribution in [0.5, 0.6) is 5.75 Å². The third kappa shape index (κ3) is 3.99. The van der Waals surface area contributed by atoms with Crippen molar-refractivity contribution in [2.45, 2.75) is 59.1 Å². The Morgan fingerprint density at radius 1 is 1.30 bits per heavy atom. The fourth-order valence-corrected chi connectivity index (χ4v) is 3.38. The number of hydrogen-bond donors (Lipinski definition) is 1. The second kappa shape index (κ2) is 7.12. The summed E-state index contributed by atoms with van der Waals surface area (Å²) in [6, 6.07) is 9.11. The van der Waals surface area contributed by atoms with Gasteiger partial charge in [-0.15, -0.1) is 0 Å². The first-order valence-corrected chi connectivity index (χ1v) is 8.10. The quantitative estimate of drug-likeness (QED) is 0.821. The van der Waals surface area contributed by atoms with Gasteiger partial charge in [0.25, 0.3) is 0 Å². The average molecular weight is 275 g/mol. The van der Waals surface area contributed by atoms with Crippen LogP contribution in [0.15, 0.2) is 24.3 Å². The third-order valence-corrected chi connectivity index (χ3v) is 4.22. The Hall–Kier alpha value is -1.02. The fourth-order valence-electron chi connectivity index (χ4n) is 3.38. The zero-order valence-electron chi connectivity index (χ0n) is 13.4. The summed E-state index contributed by atoms with van der Waals surface area (Å²) >= 11 is 0. The molecule has 1 N–H and O–H groups in total. The summed E-state index contributed by atoms with van der Waals surface area (Å²) in [7, 11) is 0. The maximum Gasteiger partial charge on any atom is 0.120 e. The van der Waals surface area contributed by atoms with Crippen LogP contribution in [0.4, 0.5) is 0 Å². The van der Waals surface area contributed by atoms with Gasteiger partial charge in [-0.2, -0.15) is 0 Å². The lowest BCUT2D eigenvalue weighted by atomic mass is 9.90. The molecule has 1 aliphatic carbocycles. The van der Waals surface area contributed by atoms with Crippen LogP contribution < -0.4 is 10.1 Å². The van der Waals surface area contributed by atoms with E-state index in [0.29, 0.717) is 6.04 Å². The van der Waals surface area contributed by atoms with E-state index in [1.165, 1.54) is 24.8 Å². The summed E-state index contributed by atoms with van der Waals surface area (Å²) in [5.74, 6) is 2.63. The lowest BCUT2D eigenvalue weighted by Crippen LogP contribution is -2.27. The SMILES string of the molecule is CCNC(c1cccc(OC(C)C)c1)C1CCC(C)C1. The molecular weight excluding hydrogens is 246 g/mol. The van der Waals surface area contributed by atoms with Crippen molar-refractivity contribution in [1.82, 2.24) is 5.32 Å². The van der Waals surface area contributed by atoms with Gasteiger partial charge in [0.1, 0.15) is 5.75 Å². The highest BCUT2D eigenvalue weighted by Gasteiger charge is 2.29. The first kappa shape index (κ1) is 15.4. The van der Waals surface area contributed by atoms with E-state index in [2.05, 4.69) is 57.3 Å². The van der Waals surface area contributed by atoms with Gasteiger partial charge in [0.05, 0.1) is 6.10 Å². The minimum Gasteiger partial charge on any atom is -0.491 e. The van der Waals surface area contributed by atoms with Gasteiger partial charge in [-0.25, -0.2) is 0 Å². The van der Waals surface area contributed by atoms with Crippen molar-refractivity contribution in [2.24, 2.45) is 11.8 Å². The normalized spacial score (nSPS) is 24.1. The Kier molecular flexibility index (Phi) is 5.47. The maximum atomic E-state index is 5.84. The first-order valence-electron chi connectivity index (χ1n) is 8.10. The Balaban J connectivity index is 2.16. The van der Waals surface area contributed by atoms with E-state index in [4.69, 9.17) is 4.74 Å². The topological polar surface area (TPSA) is 21.3 Å². The van der Waals surface area contributed by atoms with Crippen molar-refractivity contribution >= 4 is 0 Å². The standard InChI is InChI=1S/C18H29NO/c1-5-19-18(16-10-9-14(4)11-16)15-7-6-8-17(12-15)20-13(2)3/h6-8,12-14,16,18-19H,5,9-11H2,1-4H3. The first-order chi connectivity index (χ1) is 9.60. The van der Waals surface area contributed by atoms with Crippen molar-refractivity contribution in [3.63, 3.8) is 0 Å². The van der Waals surface area contributed by atoms with E-state index in [1.54, 1.807) is 0 Å². The van der Waals surface area contributed by atoms with Crippen LogP contribution in [0.3, 0.4) is 0 Å². The van der Waals surface area contributed by atoms with Crippen LogP contribution in [0.2, 0.25) is 0 Å². The van der Waals surface area contributed by atoms with Crippen LogP contribution in [-0.2, 0) is 0 Å². The van der Waals surface area contributed by atoms with E-state index in [9.17, 15) is 0 Å². The third-order valence-electron chi connectivity index (χ3n) is 4.22. The molecule has 20 heavy (non-hydrogen) atoms. The Morgan fingerprint density at radius 3 is 2.70 bits per heavy atom. The number of rotatable bonds is 6. The van der Waals surface area contributed by atoms with Crippen LogP contribution in [-0.4, -0.2) is 12.6 Å². The van der Waals surface area contributed by atoms with E-state index in [0.717, 1.165) is 24.1 Å². The summed E-state index contributed by atoms with van der Waals surface area (Å²) in [5.41, 5.74) is 1.38. The molecule has 0 saturated heterocycles. The largest absolute Gasteiger partial charge is 0.491 e. The van der Waals surface area contributed by atoms with E-state index < -0.39 is 0 Å². The zero-order chi connectivity index (χ0) is 14.5. The molecule has 2 heteroatoms. The van der Waals surface area contributed by atoms with Crippen molar-refractivity contribution in [3.05, 3.63) is 29.8 Å². The van der Waals surface area contributed by atoms with E-state index in [-0.39, 0.29) is 6.10 Å². The minimum atomic E-state index is 0.231. The van der Waals surface area contributed by atoms with Gasteiger partial charge < -0.3 is 10.1 Å². The van der Waals surface area contributed by atoms with Crippen LogP contribution >= 0.6 is 0 Å². The Bertz CT molecular complexity index is 416. The average Bonchev–Trinajstić information content (AvgIpc) is 2.82. The van der Waals surface area contributed by atoms with Gasteiger partial charge >= 0.3 is 0 Å². The van der Waals surface area contributed by atoms with Gasteiger partial charge in [-0.3, -0.25) is 0 Å². The van der Waals surface area contributed by atoms with Gasteiger partial charge in [0.15, 0.2) is 0 Å². The molecule has 112 valence electrons. The smallest absolute Gasteiger partial charge is 0.120 e. The van der Waals surface area contributed by atoms with E-state index >= 15 is 0 Å². The Morgan fingerprint density at radius 2 is 2.10 bits per heavy atom. The molecule has 0 aromatic heterocycles. The molecule has 1 fully saturated rings. The molecule has 1 aromatic carbocycles. The summed E-state index contributed by atoms with van der Waals surface area (Å²) in [6.45, 7) is 9.74. The molecule has 0 radical (unpaired) electrons. The molecule has 1 aliphatic rings. The molecular formula is C18H29NO. The molecule has 0 aliphatic heterocycles. The number of benzene rings is 1. The molecule has 1 aromatic rings. The molecule has 0 spiro atoms. The number of hydrogen-bond acceptors (Lipinski definition) is 2. The van der Waals surface area contributed by atoms with Gasteiger partial charge in [0.2, 0.25) is 0 Å². The summed E-state index contributed by atoms with van der Waals surface area (Å²) in [5, 5.41) is 3.69. The predicted octanol–water partition coefficient (Wildman–Crippen LogP) is 4.56. The van der Waals surface area contributed by atoms with Gasteiger partial charge in [0, 0.05) is 6.04 Å².